The summed E-state index contributed by atoms with van der Waals surface area (Å²) >= 11 is 0. The molecule has 3 aromatic carbocycles. The predicted octanol–water partition coefficient (Wildman–Crippen LogP) is 7.27. The fourth-order valence-electron chi connectivity index (χ4n) is 5.60. The number of allylic oxidation sites excluding steroid dienone is 2. The van der Waals surface area contributed by atoms with E-state index in [-0.39, 0.29) is 5.41 Å². The third-order valence-corrected chi connectivity index (χ3v) is 7.76. The SMILES string of the molecule is CC(C)(C)c1ccc2c(OCC34C=CC(=CC3)O4)c3ccccc3c(OCC34C=CC(=CC3)O4)c2c1. The highest BCUT2D eigenvalue weighted by Crippen LogP contribution is 2.46. The van der Waals surface area contributed by atoms with Crippen molar-refractivity contribution >= 4 is 21.5 Å². The van der Waals surface area contributed by atoms with E-state index >= 15 is 0 Å². The molecule has 4 heterocycles. The highest BCUT2D eigenvalue weighted by atomic mass is 16.6. The first-order valence-electron chi connectivity index (χ1n) is 12.7. The minimum atomic E-state index is -0.405. The van der Waals surface area contributed by atoms with Gasteiger partial charge in [0.1, 0.15) is 36.2 Å². The Hall–Kier alpha value is -3.66. The van der Waals surface area contributed by atoms with Crippen molar-refractivity contribution in [1.29, 1.82) is 0 Å². The Kier molecular flexibility index (Phi) is 4.46. The van der Waals surface area contributed by atoms with Gasteiger partial charge in [0.2, 0.25) is 0 Å². The van der Waals surface area contributed by atoms with Crippen molar-refractivity contribution in [2.24, 2.45) is 0 Å². The molecule has 2 atom stereocenters. The van der Waals surface area contributed by atoms with Crippen LogP contribution in [-0.2, 0) is 14.9 Å². The second kappa shape index (κ2) is 7.42. The second-order valence-electron chi connectivity index (χ2n) is 11.4. The molecule has 0 amide bonds. The molecule has 0 saturated heterocycles. The van der Waals surface area contributed by atoms with Crippen LogP contribution < -0.4 is 9.47 Å². The van der Waals surface area contributed by atoms with Gasteiger partial charge in [-0.25, -0.2) is 0 Å². The maximum absolute atomic E-state index is 6.68. The van der Waals surface area contributed by atoms with Crippen molar-refractivity contribution in [3.63, 3.8) is 0 Å². The zero-order valence-corrected chi connectivity index (χ0v) is 21.0. The lowest BCUT2D eigenvalue weighted by Crippen LogP contribution is -2.32. The van der Waals surface area contributed by atoms with Crippen LogP contribution >= 0.6 is 0 Å². The van der Waals surface area contributed by atoms with Crippen LogP contribution in [0.3, 0.4) is 0 Å². The molecule has 0 N–H and O–H groups in total. The van der Waals surface area contributed by atoms with Crippen LogP contribution in [0.2, 0.25) is 0 Å². The summed E-state index contributed by atoms with van der Waals surface area (Å²) in [7, 11) is 0. The third kappa shape index (κ3) is 3.35. The first-order chi connectivity index (χ1) is 17.3. The number of ether oxygens (including phenoxy) is 4. The molecule has 36 heavy (non-hydrogen) atoms. The van der Waals surface area contributed by atoms with E-state index in [9.17, 15) is 0 Å². The molecule has 0 spiro atoms. The maximum Gasteiger partial charge on any atom is 0.165 e. The fraction of sp³-hybridized carbons (Fsp3) is 0.312. The average molecular weight is 479 g/mol. The highest BCUT2D eigenvalue weighted by molar-refractivity contribution is 6.11. The minimum Gasteiger partial charge on any atom is -0.488 e. The van der Waals surface area contributed by atoms with Gasteiger partial charge in [-0.1, -0.05) is 57.2 Å². The van der Waals surface area contributed by atoms with Crippen LogP contribution in [-0.4, -0.2) is 24.4 Å². The third-order valence-electron chi connectivity index (χ3n) is 7.76. The Bertz CT molecular complexity index is 1530. The van der Waals surface area contributed by atoms with Gasteiger partial charge in [-0.2, -0.15) is 0 Å². The standard InChI is InChI=1S/C32H30O4/c1-30(2,3)21-8-9-26-27(18-21)29(34-20-32-16-12-23(36-32)13-17-32)25-7-5-4-6-24(25)28(26)33-19-31-14-10-22(35-31)11-15-31/h4-14,16,18H,15,17,19-20H2,1-3H3. The van der Waals surface area contributed by atoms with E-state index in [0.29, 0.717) is 13.2 Å². The van der Waals surface area contributed by atoms with Crippen LogP contribution in [0.25, 0.3) is 21.5 Å². The topological polar surface area (TPSA) is 36.9 Å². The van der Waals surface area contributed by atoms with E-state index in [1.54, 1.807) is 0 Å². The molecule has 4 bridgehead atoms. The summed E-state index contributed by atoms with van der Waals surface area (Å²) in [6.45, 7) is 7.63. The monoisotopic (exact) mass is 478 g/mol. The summed E-state index contributed by atoms with van der Waals surface area (Å²) in [6, 6.07) is 15.0. The zero-order valence-electron chi connectivity index (χ0n) is 21.0. The molecular weight excluding hydrogens is 448 g/mol. The zero-order chi connectivity index (χ0) is 24.5. The van der Waals surface area contributed by atoms with Crippen molar-refractivity contribution in [3.8, 4) is 11.5 Å². The molecule has 3 aromatic rings. The first-order valence-corrected chi connectivity index (χ1v) is 12.7. The number of hydrogen-bond donors (Lipinski definition) is 0. The van der Waals surface area contributed by atoms with Gasteiger partial charge in [-0.05, 0) is 53.5 Å². The highest BCUT2D eigenvalue weighted by Gasteiger charge is 2.40. The fourth-order valence-corrected chi connectivity index (χ4v) is 5.60. The molecule has 182 valence electrons. The average Bonchev–Trinajstić information content (AvgIpc) is 3.67. The lowest BCUT2D eigenvalue weighted by Gasteiger charge is -2.27. The number of hydrogen-bond acceptors (Lipinski definition) is 4. The van der Waals surface area contributed by atoms with Crippen LogP contribution in [0.1, 0.15) is 39.2 Å². The summed E-state index contributed by atoms with van der Waals surface area (Å²) in [6.07, 6.45) is 14.3. The molecule has 0 fully saturated rings. The molecule has 0 saturated carbocycles. The van der Waals surface area contributed by atoms with Gasteiger partial charge in [0.05, 0.1) is 0 Å². The number of benzene rings is 3. The molecule has 0 aliphatic carbocycles. The Morgan fingerprint density at radius 1 is 0.722 bits per heavy atom. The van der Waals surface area contributed by atoms with Crippen LogP contribution in [0.15, 0.2) is 90.4 Å². The van der Waals surface area contributed by atoms with Crippen LogP contribution in [0.5, 0.6) is 11.5 Å². The summed E-state index contributed by atoms with van der Waals surface area (Å²) in [5, 5.41) is 4.19. The summed E-state index contributed by atoms with van der Waals surface area (Å²) in [4.78, 5) is 0. The van der Waals surface area contributed by atoms with Crippen molar-refractivity contribution < 1.29 is 18.9 Å². The lowest BCUT2D eigenvalue weighted by atomic mass is 9.85. The van der Waals surface area contributed by atoms with Crippen LogP contribution in [0, 0.1) is 0 Å². The molecule has 7 rings (SSSR count). The molecule has 0 aromatic heterocycles. The van der Waals surface area contributed by atoms with Gasteiger partial charge in [-0.3, -0.25) is 0 Å². The van der Waals surface area contributed by atoms with Crippen molar-refractivity contribution in [2.75, 3.05) is 13.2 Å². The van der Waals surface area contributed by atoms with E-state index in [0.717, 1.165) is 57.4 Å². The Balaban J connectivity index is 1.35. The largest absolute Gasteiger partial charge is 0.488 e. The smallest absolute Gasteiger partial charge is 0.165 e. The van der Waals surface area contributed by atoms with E-state index in [1.165, 1.54) is 5.56 Å². The van der Waals surface area contributed by atoms with Gasteiger partial charge in [-0.15, -0.1) is 0 Å². The van der Waals surface area contributed by atoms with Gasteiger partial charge in [0.15, 0.2) is 11.2 Å². The van der Waals surface area contributed by atoms with Gasteiger partial charge < -0.3 is 18.9 Å². The molecule has 4 heteroatoms. The summed E-state index contributed by atoms with van der Waals surface area (Å²) in [5.41, 5.74) is 0.456. The predicted molar refractivity (Wildman–Crippen MR) is 142 cm³/mol. The lowest BCUT2D eigenvalue weighted by molar-refractivity contribution is 0.0429. The Labute approximate surface area is 211 Å². The van der Waals surface area contributed by atoms with Gasteiger partial charge >= 0.3 is 0 Å². The summed E-state index contributed by atoms with van der Waals surface area (Å²) < 4.78 is 25.5. The van der Waals surface area contributed by atoms with E-state index < -0.39 is 11.2 Å². The number of rotatable bonds is 6. The van der Waals surface area contributed by atoms with Crippen molar-refractivity contribution in [1.82, 2.24) is 0 Å². The van der Waals surface area contributed by atoms with Crippen LogP contribution in [0.4, 0.5) is 0 Å². The molecule has 2 unspecified atom stereocenters. The molecular formula is C32H30O4. The van der Waals surface area contributed by atoms with Crippen molar-refractivity contribution in [3.05, 3.63) is 96.0 Å². The number of fused-ring (bicyclic) bond motifs is 6. The molecule has 0 radical (unpaired) electrons. The summed E-state index contributed by atoms with van der Waals surface area (Å²) in [5.74, 6) is 3.64. The van der Waals surface area contributed by atoms with Gasteiger partial charge in [0, 0.05) is 34.4 Å². The second-order valence-corrected chi connectivity index (χ2v) is 11.4. The van der Waals surface area contributed by atoms with Gasteiger partial charge in [0.25, 0.3) is 0 Å². The Morgan fingerprint density at radius 2 is 1.25 bits per heavy atom. The molecule has 4 aliphatic heterocycles. The molecule has 4 nitrogen and oxygen atoms in total. The quantitative estimate of drug-likeness (QED) is 0.349. The normalized spacial score (nSPS) is 25.3. The first kappa shape index (κ1) is 21.6. The minimum absolute atomic E-state index is 0.00571. The maximum atomic E-state index is 6.68. The van der Waals surface area contributed by atoms with E-state index in [2.05, 4.69) is 87.5 Å². The van der Waals surface area contributed by atoms with Crippen molar-refractivity contribution in [2.45, 2.75) is 50.2 Å². The molecule has 4 aliphatic rings. The van der Waals surface area contributed by atoms with E-state index in [1.807, 2.05) is 12.2 Å². The van der Waals surface area contributed by atoms with E-state index in [4.69, 9.17) is 18.9 Å². The Morgan fingerprint density at radius 3 is 1.69 bits per heavy atom.